The van der Waals surface area contributed by atoms with Gasteiger partial charge in [-0.1, -0.05) is 24.6 Å². The van der Waals surface area contributed by atoms with Crippen LogP contribution in [0.5, 0.6) is 11.5 Å². The highest BCUT2D eigenvalue weighted by molar-refractivity contribution is 7.09. The minimum Gasteiger partial charge on any atom is -0.493 e. The summed E-state index contributed by atoms with van der Waals surface area (Å²) in [5.41, 5.74) is 1.09. The molecule has 0 saturated heterocycles. The van der Waals surface area contributed by atoms with E-state index in [1.165, 1.54) is 0 Å². The number of rotatable bonds is 8. The van der Waals surface area contributed by atoms with Gasteiger partial charge >= 0.3 is 0 Å². The molecule has 5 heteroatoms. The maximum Gasteiger partial charge on any atom is 0.180 e. The fourth-order valence-corrected chi connectivity index (χ4v) is 2.89. The van der Waals surface area contributed by atoms with Crippen LogP contribution in [0.3, 0.4) is 0 Å². The number of thiophene rings is 1. The van der Waals surface area contributed by atoms with E-state index in [9.17, 15) is 0 Å². The molecule has 0 amide bonds. The molecule has 0 radical (unpaired) electrons. The van der Waals surface area contributed by atoms with Crippen LogP contribution in [0.1, 0.15) is 30.7 Å². The Labute approximate surface area is 141 Å². The third-order valence-corrected chi connectivity index (χ3v) is 4.63. The molecule has 1 heterocycles. The maximum atomic E-state index is 6.37. The number of hydrogen-bond donors (Lipinski definition) is 1. The van der Waals surface area contributed by atoms with Crippen LogP contribution in [-0.4, -0.2) is 13.2 Å². The van der Waals surface area contributed by atoms with E-state index in [0.29, 0.717) is 29.2 Å². The van der Waals surface area contributed by atoms with Crippen molar-refractivity contribution in [3.05, 3.63) is 45.1 Å². The number of ether oxygens (including phenoxy) is 2. The van der Waals surface area contributed by atoms with Gasteiger partial charge in [-0.05, 0) is 42.5 Å². The molecule has 0 spiro atoms. The van der Waals surface area contributed by atoms with Gasteiger partial charge in [-0.2, -0.15) is 0 Å². The van der Waals surface area contributed by atoms with Crippen molar-refractivity contribution in [2.24, 2.45) is 0 Å². The van der Waals surface area contributed by atoms with E-state index in [2.05, 4.69) is 19.2 Å². The highest BCUT2D eigenvalue weighted by atomic mass is 35.5. The second-order valence-electron chi connectivity index (χ2n) is 5.17. The van der Waals surface area contributed by atoms with Gasteiger partial charge < -0.3 is 14.8 Å². The molecular weight excluding hydrogens is 318 g/mol. The molecule has 1 aromatic carbocycles. The van der Waals surface area contributed by atoms with Gasteiger partial charge in [0.15, 0.2) is 11.5 Å². The second kappa shape index (κ2) is 8.42. The summed E-state index contributed by atoms with van der Waals surface area (Å²) in [6.45, 7) is 5.58. The normalized spacial score (nSPS) is 12.2. The molecule has 1 aromatic heterocycles. The van der Waals surface area contributed by atoms with Crippen molar-refractivity contribution in [1.82, 2.24) is 5.32 Å². The van der Waals surface area contributed by atoms with E-state index in [4.69, 9.17) is 21.1 Å². The van der Waals surface area contributed by atoms with E-state index in [0.717, 1.165) is 23.4 Å². The minimum absolute atomic E-state index is 0.472. The average molecular weight is 340 g/mol. The van der Waals surface area contributed by atoms with Crippen LogP contribution >= 0.6 is 22.9 Å². The topological polar surface area (TPSA) is 30.5 Å². The smallest absolute Gasteiger partial charge is 0.180 e. The Morgan fingerprint density at radius 2 is 2.18 bits per heavy atom. The first-order valence-electron chi connectivity index (χ1n) is 7.39. The molecule has 2 aromatic rings. The molecule has 1 atom stereocenters. The lowest BCUT2D eigenvalue weighted by Crippen LogP contribution is -2.24. The zero-order chi connectivity index (χ0) is 15.9. The van der Waals surface area contributed by atoms with Crippen LogP contribution in [0.4, 0.5) is 0 Å². The number of halogens is 1. The summed E-state index contributed by atoms with van der Waals surface area (Å²) in [5.74, 6) is 1.27. The molecule has 0 aliphatic rings. The Morgan fingerprint density at radius 1 is 1.36 bits per heavy atom. The van der Waals surface area contributed by atoms with Gasteiger partial charge in [-0.25, -0.2) is 0 Å². The van der Waals surface area contributed by atoms with Crippen LogP contribution in [0, 0.1) is 0 Å². The van der Waals surface area contributed by atoms with Crippen molar-refractivity contribution in [2.45, 2.75) is 39.5 Å². The Hall–Kier alpha value is -1.23. The maximum absolute atomic E-state index is 6.37. The van der Waals surface area contributed by atoms with E-state index in [-0.39, 0.29) is 0 Å². The highest BCUT2D eigenvalue weighted by Crippen LogP contribution is 2.37. The van der Waals surface area contributed by atoms with Gasteiger partial charge in [0.25, 0.3) is 0 Å². The summed E-state index contributed by atoms with van der Waals surface area (Å²) < 4.78 is 11.3. The lowest BCUT2D eigenvalue weighted by atomic mass is 10.1. The molecule has 0 fully saturated rings. The molecule has 0 aliphatic heterocycles. The Kier molecular flexibility index (Phi) is 6.55. The molecule has 22 heavy (non-hydrogen) atoms. The molecule has 0 aliphatic carbocycles. The molecular formula is C17H22ClNO2S. The number of methoxy groups -OCH3 is 1. The summed E-state index contributed by atoms with van der Waals surface area (Å²) in [6.07, 6.45) is 1.09. The molecule has 120 valence electrons. The number of nitrogens with one attached hydrogen (secondary N) is 1. The van der Waals surface area contributed by atoms with Gasteiger partial charge in [0.2, 0.25) is 0 Å². The Bertz CT molecular complexity index is 587. The first kappa shape index (κ1) is 17.1. The number of hydrogen-bond acceptors (Lipinski definition) is 4. The van der Waals surface area contributed by atoms with Gasteiger partial charge in [-0.15, -0.1) is 11.3 Å². The zero-order valence-electron chi connectivity index (χ0n) is 13.2. The number of benzene rings is 1. The molecule has 0 unspecified atom stereocenters. The van der Waals surface area contributed by atoms with E-state index >= 15 is 0 Å². The van der Waals surface area contributed by atoms with E-state index in [1.54, 1.807) is 18.4 Å². The third kappa shape index (κ3) is 4.63. The van der Waals surface area contributed by atoms with Gasteiger partial charge in [0.1, 0.15) is 6.61 Å². The van der Waals surface area contributed by atoms with Crippen molar-refractivity contribution < 1.29 is 9.47 Å². The summed E-state index contributed by atoms with van der Waals surface area (Å²) in [6, 6.07) is 8.43. The van der Waals surface area contributed by atoms with Crippen molar-refractivity contribution >= 4 is 22.9 Å². The summed E-state index contributed by atoms with van der Waals surface area (Å²) in [5, 5.41) is 6.06. The molecule has 2 rings (SSSR count). The summed E-state index contributed by atoms with van der Waals surface area (Å²) in [7, 11) is 1.63. The first-order chi connectivity index (χ1) is 10.6. The van der Waals surface area contributed by atoms with Gasteiger partial charge in [0, 0.05) is 17.5 Å². The molecule has 0 bridgehead atoms. The van der Waals surface area contributed by atoms with Crippen molar-refractivity contribution in [1.29, 1.82) is 0 Å². The minimum atomic E-state index is 0.472. The SMILES string of the molecule is CC[C@@H](C)NCc1cc(Cl)c(OCc2cccs2)c(OC)c1. The predicted octanol–water partition coefficient (Wildman–Crippen LogP) is 4.88. The molecule has 0 saturated carbocycles. The van der Waals surface area contributed by atoms with Crippen LogP contribution in [0.2, 0.25) is 5.02 Å². The quantitative estimate of drug-likeness (QED) is 0.743. The lowest BCUT2D eigenvalue weighted by Gasteiger charge is -2.15. The zero-order valence-corrected chi connectivity index (χ0v) is 14.8. The summed E-state index contributed by atoms with van der Waals surface area (Å²) in [4.78, 5) is 1.15. The molecule has 1 N–H and O–H groups in total. The Morgan fingerprint density at radius 3 is 2.82 bits per heavy atom. The molecule has 3 nitrogen and oxygen atoms in total. The monoisotopic (exact) mass is 339 g/mol. The van der Waals surface area contributed by atoms with Crippen LogP contribution in [0.15, 0.2) is 29.6 Å². The Balaban J connectivity index is 2.09. The fourth-order valence-electron chi connectivity index (χ4n) is 1.99. The summed E-state index contributed by atoms with van der Waals surface area (Å²) >= 11 is 8.03. The average Bonchev–Trinajstić information content (AvgIpc) is 3.04. The van der Waals surface area contributed by atoms with Crippen LogP contribution in [0.25, 0.3) is 0 Å². The van der Waals surface area contributed by atoms with Crippen molar-refractivity contribution in [2.75, 3.05) is 7.11 Å². The third-order valence-electron chi connectivity index (χ3n) is 3.50. The first-order valence-corrected chi connectivity index (χ1v) is 8.64. The standard InChI is InChI=1S/C17H22ClNO2S/c1-4-12(2)19-10-13-8-15(18)17(16(9-13)20-3)21-11-14-6-5-7-22-14/h5-9,12,19H,4,10-11H2,1-3H3/t12-/m1/s1. The van der Waals surface area contributed by atoms with Crippen molar-refractivity contribution in [3.8, 4) is 11.5 Å². The second-order valence-corrected chi connectivity index (χ2v) is 6.61. The van der Waals surface area contributed by atoms with Crippen LogP contribution in [-0.2, 0) is 13.2 Å². The largest absolute Gasteiger partial charge is 0.493 e. The van der Waals surface area contributed by atoms with Gasteiger partial charge in [-0.3, -0.25) is 0 Å². The van der Waals surface area contributed by atoms with Crippen LogP contribution < -0.4 is 14.8 Å². The van der Waals surface area contributed by atoms with Crippen molar-refractivity contribution in [3.63, 3.8) is 0 Å². The highest BCUT2D eigenvalue weighted by Gasteiger charge is 2.13. The predicted molar refractivity (Wildman–Crippen MR) is 93.2 cm³/mol. The van der Waals surface area contributed by atoms with Gasteiger partial charge in [0.05, 0.1) is 12.1 Å². The van der Waals surface area contributed by atoms with E-state index in [1.807, 2.05) is 29.6 Å². The van der Waals surface area contributed by atoms with E-state index < -0.39 is 0 Å². The lowest BCUT2D eigenvalue weighted by molar-refractivity contribution is 0.287. The fraction of sp³-hybridized carbons (Fsp3) is 0.412.